The molecule has 1 saturated carbocycles. The number of likely N-dealkylation sites (N-methyl/N-ethyl adjacent to an activating group) is 1. The Labute approximate surface area is 118 Å². The number of nitrogens with two attached hydrogens (primary N) is 1. The van der Waals surface area contributed by atoms with Crippen LogP contribution in [0.25, 0.3) is 0 Å². The van der Waals surface area contributed by atoms with Gasteiger partial charge in [0.2, 0.25) is 5.91 Å². The summed E-state index contributed by atoms with van der Waals surface area (Å²) in [5, 5.41) is 3.46. The minimum Gasteiger partial charge on any atom is -0.368 e. The van der Waals surface area contributed by atoms with Crippen molar-refractivity contribution in [3.8, 4) is 0 Å². The lowest BCUT2D eigenvalue weighted by molar-refractivity contribution is -0.126. The van der Waals surface area contributed by atoms with Crippen molar-refractivity contribution in [3.05, 3.63) is 0 Å². The fraction of sp³-hybridized carbons (Fsp3) is 0.933. The molecule has 1 aliphatic rings. The number of primary amides is 1. The summed E-state index contributed by atoms with van der Waals surface area (Å²) < 4.78 is 0. The second kappa shape index (κ2) is 6.23. The molecule has 0 aromatic rings. The SMILES string of the molecule is CC(C)NC(CN(C)C(C)C(C)C)(C(N)=O)C1CC1. The molecule has 0 aliphatic heterocycles. The van der Waals surface area contributed by atoms with Crippen molar-refractivity contribution in [2.75, 3.05) is 13.6 Å². The van der Waals surface area contributed by atoms with Crippen LogP contribution in [0.5, 0.6) is 0 Å². The molecule has 19 heavy (non-hydrogen) atoms. The van der Waals surface area contributed by atoms with E-state index in [1.54, 1.807) is 0 Å². The summed E-state index contributed by atoms with van der Waals surface area (Å²) in [6, 6.07) is 0.697. The molecule has 0 heterocycles. The van der Waals surface area contributed by atoms with E-state index in [4.69, 9.17) is 5.73 Å². The monoisotopic (exact) mass is 269 g/mol. The first-order chi connectivity index (χ1) is 8.70. The maximum atomic E-state index is 12.1. The Morgan fingerprint density at radius 1 is 1.32 bits per heavy atom. The van der Waals surface area contributed by atoms with Crippen molar-refractivity contribution in [1.29, 1.82) is 0 Å². The van der Waals surface area contributed by atoms with Gasteiger partial charge in [0.25, 0.3) is 0 Å². The summed E-state index contributed by atoms with van der Waals surface area (Å²) in [5.74, 6) is 0.759. The first-order valence-corrected chi connectivity index (χ1v) is 7.48. The molecule has 0 saturated heterocycles. The Hall–Kier alpha value is -0.610. The quantitative estimate of drug-likeness (QED) is 0.703. The maximum absolute atomic E-state index is 12.1. The van der Waals surface area contributed by atoms with E-state index < -0.39 is 5.54 Å². The zero-order chi connectivity index (χ0) is 14.8. The highest BCUT2D eigenvalue weighted by Gasteiger charge is 2.50. The van der Waals surface area contributed by atoms with E-state index in [0.29, 0.717) is 24.4 Å². The number of nitrogens with one attached hydrogen (secondary N) is 1. The highest BCUT2D eigenvalue weighted by Crippen LogP contribution is 2.40. The Kier molecular flexibility index (Phi) is 5.39. The van der Waals surface area contributed by atoms with Crippen LogP contribution in [0.2, 0.25) is 0 Å². The van der Waals surface area contributed by atoms with Gasteiger partial charge in [-0.1, -0.05) is 13.8 Å². The van der Waals surface area contributed by atoms with E-state index in [-0.39, 0.29) is 11.9 Å². The predicted molar refractivity (Wildman–Crippen MR) is 79.9 cm³/mol. The summed E-state index contributed by atoms with van der Waals surface area (Å²) in [7, 11) is 2.09. The van der Waals surface area contributed by atoms with Crippen molar-refractivity contribution >= 4 is 5.91 Å². The van der Waals surface area contributed by atoms with Gasteiger partial charge in [-0.2, -0.15) is 0 Å². The van der Waals surface area contributed by atoms with E-state index >= 15 is 0 Å². The minimum absolute atomic E-state index is 0.202. The number of rotatable bonds is 8. The Balaban J connectivity index is 2.87. The van der Waals surface area contributed by atoms with Crippen molar-refractivity contribution < 1.29 is 4.79 Å². The standard InChI is InChI=1S/C15H31N3O/c1-10(2)12(5)18(6)9-15(14(16)19,13-7-8-13)17-11(3)4/h10-13,17H,7-9H2,1-6H3,(H2,16,19). The second-order valence-electron chi connectivity index (χ2n) is 6.81. The van der Waals surface area contributed by atoms with Crippen LogP contribution >= 0.6 is 0 Å². The van der Waals surface area contributed by atoms with E-state index in [9.17, 15) is 4.79 Å². The number of hydrogen-bond donors (Lipinski definition) is 2. The van der Waals surface area contributed by atoms with Crippen LogP contribution in [0, 0.1) is 11.8 Å². The van der Waals surface area contributed by atoms with E-state index in [1.807, 2.05) is 0 Å². The minimum atomic E-state index is -0.563. The van der Waals surface area contributed by atoms with E-state index in [2.05, 4.69) is 51.9 Å². The number of nitrogens with zero attached hydrogens (tertiary/aromatic N) is 1. The molecular formula is C15H31N3O. The van der Waals surface area contributed by atoms with Gasteiger partial charge in [-0.25, -0.2) is 0 Å². The van der Waals surface area contributed by atoms with Crippen molar-refractivity contribution in [2.45, 2.75) is 65.1 Å². The molecule has 0 radical (unpaired) electrons. The molecule has 2 atom stereocenters. The number of hydrogen-bond acceptors (Lipinski definition) is 3. The Morgan fingerprint density at radius 3 is 2.16 bits per heavy atom. The summed E-state index contributed by atoms with van der Waals surface area (Å²) in [6.45, 7) is 11.5. The topological polar surface area (TPSA) is 58.4 Å². The first kappa shape index (κ1) is 16.4. The van der Waals surface area contributed by atoms with Crippen LogP contribution < -0.4 is 11.1 Å². The highest BCUT2D eigenvalue weighted by atomic mass is 16.1. The number of carbonyl (C=O) groups excluding carboxylic acids is 1. The summed E-state index contributed by atoms with van der Waals surface area (Å²) >= 11 is 0. The second-order valence-corrected chi connectivity index (χ2v) is 6.81. The van der Waals surface area contributed by atoms with Gasteiger partial charge < -0.3 is 10.6 Å². The van der Waals surface area contributed by atoms with Crippen LogP contribution in [-0.2, 0) is 4.79 Å². The molecule has 2 unspecified atom stereocenters. The average molecular weight is 269 g/mol. The smallest absolute Gasteiger partial charge is 0.239 e. The third-order valence-electron chi connectivity index (χ3n) is 4.42. The van der Waals surface area contributed by atoms with Crippen LogP contribution in [0.4, 0.5) is 0 Å². The molecule has 1 rings (SSSR count). The van der Waals surface area contributed by atoms with Gasteiger partial charge in [0.05, 0.1) is 0 Å². The molecule has 1 amide bonds. The Bertz CT molecular complexity index is 313. The summed E-state index contributed by atoms with van der Waals surface area (Å²) in [6.07, 6.45) is 2.21. The van der Waals surface area contributed by atoms with E-state index in [0.717, 1.165) is 12.8 Å². The lowest BCUT2D eigenvalue weighted by atomic mass is 9.89. The number of carbonyl (C=O) groups is 1. The third kappa shape index (κ3) is 3.93. The Morgan fingerprint density at radius 2 is 1.84 bits per heavy atom. The van der Waals surface area contributed by atoms with Gasteiger partial charge >= 0.3 is 0 Å². The van der Waals surface area contributed by atoms with Gasteiger partial charge in [0.1, 0.15) is 5.54 Å². The van der Waals surface area contributed by atoms with Gasteiger partial charge in [-0.05, 0) is 52.5 Å². The van der Waals surface area contributed by atoms with Crippen molar-refractivity contribution in [1.82, 2.24) is 10.2 Å². The number of amides is 1. The molecular weight excluding hydrogens is 238 g/mol. The molecule has 0 aromatic heterocycles. The first-order valence-electron chi connectivity index (χ1n) is 7.48. The average Bonchev–Trinajstić information content (AvgIpc) is 3.09. The van der Waals surface area contributed by atoms with E-state index in [1.165, 1.54) is 0 Å². The normalized spacial score (nSPS) is 20.9. The third-order valence-corrected chi connectivity index (χ3v) is 4.42. The molecule has 4 nitrogen and oxygen atoms in total. The van der Waals surface area contributed by atoms with Crippen LogP contribution in [-0.4, -0.2) is 42.0 Å². The zero-order valence-corrected chi connectivity index (χ0v) is 13.4. The molecule has 112 valence electrons. The lowest BCUT2D eigenvalue weighted by Crippen LogP contribution is -2.65. The molecule has 0 aromatic carbocycles. The molecule has 0 bridgehead atoms. The highest BCUT2D eigenvalue weighted by molar-refractivity contribution is 5.86. The lowest BCUT2D eigenvalue weighted by Gasteiger charge is -2.40. The fourth-order valence-corrected chi connectivity index (χ4v) is 2.78. The van der Waals surface area contributed by atoms with Crippen LogP contribution in [0.15, 0.2) is 0 Å². The zero-order valence-electron chi connectivity index (χ0n) is 13.4. The van der Waals surface area contributed by atoms with Gasteiger partial charge in [0.15, 0.2) is 0 Å². The summed E-state index contributed by atoms with van der Waals surface area (Å²) in [4.78, 5) is 14.4. The van der Waals surface area contributed by atoms with Crippen LogP contribution in [0.1, 0.15) is 47.5 Å². The maximum Gasteiger partial charge on any atom is 0.239 e. The molecule has 3 N–H and O–H groups in total. The fourth-order valence-electron chi connectivity index (χ4n) is 2.78. The molecule has 4 heteroatoms. The van der Waals surface area contributed by atoms with Gasteiger partial charge in [-0.3, -0.25) is 10.1 Å². The molecule has 1 aliphatic carbocycles. The van der Waals surface area contributed by atoms with Crippen LogP contribution in [0.3, 0.4) is 0 Å². The predicted octanol–water partition coefficient (Wildman–Crippen LogP) is 1.59. The summed E-state index contributed by atoms with van der Waals surface area (Å²) in [5.41, 5.74) is 5.19. The van der Waals surface area contributed by atoms with Gasteiger partial charge in [-0.15, -0.1) is 0 Å². The molecule has 1 fully saturated rings. The van der Waals surface area contributed by atoms with Crippen molar-refractivity contribution in [2.24, 2.45) is 17.6 Å². The largest absolute Gasteiger partial charge is 0.368 e. The van der Waals surface area contributed by atoms with Crippen molar-refractivity contribution in [3.63, 3.8) is 0 Å². The van der Waals surface area contributed by atoms with Gasteiger partial charge in [0, 0.05) is 18.6 Å². The molecule has 0 spiro atoms.